The summed E-state index contributed by atoms with van der Waals surface area (Å²) < 4.78 is 29.6. The Hall–Kier alpha value is -3.38. The minimum atomic E-state index is -0.496. The van der Waals surface area contributed by atoms with Gasteiger partial charge in [-0.2, -0.15) is 10.4 Å². The first-order valence-electron chi connectivity index (χ1n) is 11.2. The highest BCUT2D eigenvalue weighted by molar-refractivity contribution is 5.78. The van der Waals surface area contributed by atoms with Gasteiger partial charge in [0.25, 0.3) is 0 Å². The summed E-state index contributed by atoms with van der Waals surface area (Å²) in [5.41, 5.74) is 1.89. The Labute approximate surface area is 189 Å². The van der Waals surface area contributed by atoms with E-state index in [9.17, 15) is 13.6 Å². The van der Waals surface area contributed by atoms with Crippen molar-refractivity contribution < 1.29 is 18.4 Å². The van der Waals surface area contributed by atoms with Gasteiger partial charge in [-0.15, -0.1) is 0 Å². The zero-order chi connectivity index (χ0) is 22.9. The molecular weight excluding hydrogens is 428 g/mol. The summed E-state index contributed by atoms with van der Waals surface area (Å²) in [7, 11) is 0. The zero-order valence-corrected chi connectivity index (χ0v) is 18.0. The van der Waals surface area contributed by atoms with Crippen LogP contribution in [0.3, 0.4) is 0 Å². The number of nitriles is 1. The van der Waals surface area contributed by atoms with Crippen LogP contribution >= 0.6 is 0 Å². The SMILES string of the molecule is N#Cc1cc(F)cc([C@@H]2CCON2C(=O)C2CCC(Cc3cc(F)c4ncnn4c3)CC2)c1. The normalized spacial score (nSPS) is 23.1. The monoisotopic (exact) mass is 451 g/mol. The number of carbonyl (C=O) groups excluding carboxylic acids is 1. The molecule has 0 bridgehead atoms. The number of carbonyl (C=O) groups is 1. The molecule has 7 nitrogen and oxygen atoms in total. The number of halogens is 2. The first kappa shape index (κ1) is 21.5. The summed E-state index contributed by atoms with van der Waals surface area (Å²) in [4.78, 5) is 22.8. The van der Waals surface area contributed by atoms with Crippen LogP contribution in [0.4, 0.5) is 8.78 Å². The number of fused-ring (bicyclic) bond motifs is 1. The van der Waals surface area contributed by atoms with Crippen molar-refractivity contribution in [1.82, 2.24) is 19.7 Å². The summed E-state index contributed by atoms with van der Waals surface area (Å²) in [5, 5.41) is 14.5. The van der Waals surface area contributed by atoms with E-state index < -0.39 is 11.9 Å². The largest absolute Gasteiger partial charge is 0.272 e. The Bertz CT molecular complexity index is 1230. The van der Waals surface area contributed by atoms with Crippen LogP contribution in [0, 0.1) is 34.8 Å². The molecule has 1 saturated carbocycles. The van der Waals surface area contributed by atoms with Crippen LogP contribution < -0.4 is 0 Å². The maximum atomic E-state index is 14.2. The fraction of sp³-hybridized carbons (Fsp3) is 0.417. The van der Waals surface area contributed by atoms with Crippen LogP contribution in [0.1, 0.15) is 54.8 Å². The van der Waals surface area contributed by atoms with Crippen molar-refractivity contribution in [3.63, 3.8) is 0 Å². The number of benzene rings is 1. The molecule has 5 rings (SSSR count). The van der Waals surface area contributed by atoms with E-state index in [-0.39, 0.29) is 28.9 Å². The van der Waals surface area contributed by atoms with E-state index in [1.165, 1.54) is 34.1 Å². The topological polar surface area (TPSA) is 83.5 Å². The summed E-state index contributed by atoms with van der Waals surface area (Å²) in [5.74, 6) is -0.785. The van der Waals surface area contributed by atoms with Crippen LogP contribution in [-0.4, -0.2) is 32.2 Å². The molecule has 2 aromatic heterocycles. The summed E-state index contributed by atoms with van der Waals surface area (Å²) in [6, 6.07) is 7.24. The molecule has 0 spiro atoms. The predicted molar refractivity (Wildman–Crippen MR) is 113 cm³/mol. The second-order valence-electron chi connectivity index (χ2n) is 8.83. The van der Waals surface area contributed by atoms with Crippen LogP contribution in [0.5, 0.6) is 0 Å². The molecule has 9 heteroatoms. The van der Waals surface area contributed by atoms with Gasteiger partial charge < -0.3 is 0 Å². The Morgan fingerprint density at radius 1 is 1.15 bits per heavy atom. The smallest absolute Gasteiger partial charge is 0.249 e. The first-order chi connectivity index (χ1) is 16.0. The molecular formula is C24H23F2N5O2. The van der Waals surface area contributed by atoms with Crippen molar-refractivity contribution in [2.24, 2.45) is 11.8 Å². The summed E-state index contributed by atoms with van der Waals surface area (Å²) in [6.07, 6.45) is 7.56. The van der Waals surface area contributed by atoms with Gasteiger partial charge in [-0.25, -0.2) is 23.3 Å². The van der Waals surface area contributed by atoms with E-state index in [1.54, 1.807) is 12.3 Å². The van der Waals surface area contributed by atoms with Gasteiger partial charge in [-0.3, -0.25) is 9.63 Å². The molecule has 170 valence electrons. The van der Waals surface area contributed by atoms with E-state index in [0.717, 1.165) is 37.7 Å². The van der Waals surface area contributed by atoms with Gasteiger partial charge >= 0.3 is 0 Å². The van der Waals surface area contributed by atoms with Crippen molar-refractivity contribution in [2.75, 3.05) is 6.61 Å². The van der Waals surface area contributed by atoms with Crippen molar-refractivity contribution in [3.05, 3.63) is 65.1 Å². The number of hydroxylamine groups is 2. The van der Waals surface area contributed by atoms with Gasteiger partial charge in [0.1, 0.15) is 12.1 Å². The lowest BCUT2D eigenvalue weighted by molar-refractivity contribution is -0.183. The van der Waals surface area contributed by atoms with Gasteiger partial charge in [0.15, 0.2) is 11.5 Å². The van der Waals surface area contributed by atoms with E-state index in [4.69, 9.17) is 10.1 Å². The van der Waals surface area contributed by atoms with E-state index >= 15 is 0 Å². The molecule has 2 aliphatic rings. The molecule has 1 saturated heterocycles. The lowest BCUT2D eigenvalue weighted by Crippen LogP contribution is -2.36. The Kier molecular flexibility index (Phi) is 5.77. The Balaban J connectivity index is 1.23. The predicted octanol–water partition coefficient (Wildman–Crippen LogP) is 4.13. The van der Waals surface area contributed by atoms with Crippen molar-refractivity contribution in [1.29, 1.82) is 5.26 Å². The third-order valence-corrected chi connectivity index (χ3v) is 6.66. The molecule has 1 atom stereocenters. The fourth-order valence-electron chi connectivity index (χ4n) is 5.03. The van der Waals surface area contributed by atoms with Gasteiger partial charge in [0.2, 0.25) is 5.91 Å². The molecule has 0 N–H and O–H groups in total. The van der Waals surface area contributed by atoms with Crippen molar-refractivity contribution >= 4 is 11.6 Å². The highest BCUT2D eigenvalue weighted by atomic mass is 19.1. The Morgan fingerprint density at radius 2 is 1.97 bits per heavy atom. The first-order valence-corrected chi connectivity index (χ1v) is 11.2. The number of nitrogens with zero attached hydrogens (tertiary/aromatic N) is 5. The Morgan fingerprint density at radius 3 is 2.76 bits per heavy atom. The van der Waals surface area contributed by atoms with E-state index in [1.807, 2.05) is 6.07 Å². The molecule has 3 heterocycles. The molecule has 1 aliphatic heterocycles. The fourth-order valence-corrected chi connectivity index (χ4v) is 5.03. The lowest BCUT2D eigenvalue weighted by Gasteiger charge is -2.32. The van der Waals surface area contributed by atoms with Crippen molar-refractivity contribution in [2.45, 2.75) is 44.6 Å². The zero-order valence-electron chi connectivity index (χ0n) is 18.0. The van der Waals surface area contributed by atoms with Gasteiger partial charge in [0.05, 0.1) is 24.3 Å². The highest BCUT2D eigenvalue weighted by Crippen LogP contribution is 2.37. The van der Waals surface area contributed by atoms with Gasteiger partial charge in [-0.05, 0) is 73.4 Å². The highest BCUT2D eigenvalue weighted by Gasteiger charge is 2.37. The minimum Gasteiger partial charge on any atom is -0.272 e. The van der Waals surface area contributed by atoms with E-state index in [2.05, 4.69) is 10.1 Å². The number of amides is 1. The van der Waals surface area contributed by atoms with Gasteiger partial charge in [-0.1, -0.05) is 0 Å². The average molecular weight is 451 g/mol. The molecule has 3 aromatic rings. The second kappa shape index (κ2) is 8.87. The maximum Gasteiger partial charge on any atom is 0.249 e. The number of hydrogen-bond acceptors (Lipinski definition) is 5. The van der Waals surface area contributed by atoms with Crippen LogP contribution in [-0.2, 0) is 16.1 Å². The third kappa shape index (κ3) is 4.31. The number of rotatable bonds is 4. The van der Waals surface area contributed by atoms with Crippen LogP contribution in [0.15, 0.2) is 36.8 Å². The molecule has 2 fully saturated rings. The third-order valence-electron chi connectivity index (χ3n) is 6.66. The van der Waals surface area contributed by atoms with E-state index in [0.29, 0.717) is 24.5 Å². The molecule has 1 aliphatic carbocycles. The quantitative estimate of drug-likeness (QED) is 0.596. The van der Waals surface area contributed by atoms with Crippen LogP contribution in [0.25, 0.3) is 5.65 Å². The molecule has 0 unspecified atom stereocenters. The number of hydrogen-bond donors (Lipinski definition) is 0. The molecule has 1 aromatic carbocycles. The average Bonchev–Trinajstić information content (AvgIpc) is 3.49. The standard InChI is InChI=1S/C24H23F2N5O2/c25-20-9-16(12-27)8-19(11-20)22-5-6-33-31(22)24(32)18-3-1-15(2-4-18)7-17-10-21(26)23-28-14-29-30(23)13-17/h8-11,13-15,18,22H,1-7H2/t15?,18?,22-/m0/s1. The number of pyridine rings is 1. The molecule has 0 radical (unpaired) electrons. The summed E-state index contributed by atoms with van der Waals surface area (Å²) >= 11 is 0. The molecule has 33 heavy (non-hydrogen) atoms. The maximum absolute atomic E-state index is 14.2. The lowest BCUT2D eigenvalue weighted by atomic mass is 9.79. The second-order valence-corrected chi connectivity index (χ2v) is 8.83. The minimum absolute atomic E-state index is 0.0891. The summed E-state index contributed by atoms with van der Waals surface area (Å²) in [6.45, 7) is 0.375. The van der Waals surface area contributed by atoms with Crippen molar-refractivity contribution in [3.8, 4) is 6.07 Å². The van der Waals surface area contributed by atoms with Gasteiger partial charge in [0, 0.05) is 18.5 Å². The molecule has 1 amide bonds. The number of aromatic nitrogens is 3. The van der Waals surface area contributed by atoms with Crippen LogP contribution in [0.2, 0.25) is 0 Å².